The molecule has 0 aliphatic rings. The van der Waals surface area contributed by atoms with Crippen LogP contribution in [0.25, 0.3) is 0 Å². The zero-order valence-electron chi connectivity index (χ0n) is 11.9. The molecule has 0 saturated carbocycles. The van der Waals surface area contributed by atoms with E-state index in [-0.39, 0.29) is 18.2 Å². The second-order valence-electron chi connectivity index (χ2n) is 5.42. The molecule has 106 valence electrons. The van der Waals surface area contributed by atoms with E-state index >= 15 is 0 Å². The van der Waals surface area contributed by atoms with E-state index in [9.17, 15) is 15.0 Å². The Morgan fingerprint density at radius 2 is 2.05 bits per heavy atom. The van der Waals surface area contributed by atoms with Crippen LogP contribution < -0.4 is 5.32 Å². The highest BCUT2D eigenvalue weighted by molar-refractivity contribution is 5.94. The van der Waals surface area contributed by atoms with Crippen molar-refractivity contribution in [3.8, 4) is 5.75 Å². The van der Waals surface area contributed by atoms with Gasteiger partial charge in [-0.25, -0.2) is 0 Å². The first-order chi connectivity index (χ1) is 8.71. The quantitative estimate of drug-likeness (QED) is 0.735. The topological polar surface area (TPSA) is 72.8 Å². The van der Waals surface area contributed by atoms with Gasteiger partial charge in [0.2, 0.25) is 0 Å². The first kappa shape index (κ1) is 15.5. The van der Waals surface area contributed by atoms with Crippen molar-refractivity contribution in [3.63, 3.8) is 0 Å². The maximum Gasteiger partial charge on any atom is 0.251 e. The summed E-state index contributed by atoms with van der Waals surface area (Å²) >= 11 is 0. The Hall–Kier alpha value is -1.59. The Morgan fingerprint density at radius 1 is 1.42 bits per heavy atom. The van der Waals surface area contributed by atoms with Gasteiger partial charge in [-0.1, -0.05) is 0 Å². The van der Waals surface area contributed by atoms with Crippen LogP contribution in [0.1, 0.15) is 22.8 Å². The van der Waals surface area contributed by atoms with Gasteiger partial charge in [0.15, 0.2) is 0 Å². The second kappa shape index (κ2) is 6.04. The van der Waals surface area contributed by atoms with Crippen LogP contribution in [0, 0.1) is 6.92 Å². The number of likely N-dealkylation sites (N-methyl/N-ethyl adjacent to an activating group) is 1. The van der Waals surface area contributed by atoms with Crippen molar-refractivity contribution in [1.29, 1.82) is 0 Å². The Kier molecular flexibility index (Phi) is 4.91. The van der Waals surface area contributed by atoms with Gasteiger partial charge in [0.1, 0.15) is 5.75 Å². The molecule has 1 rings (SSSR count). The minimum absolute atomic E-state index is 0.163. The summed E-state index contributed by atoms with van der Waals surface area (Å²) in [6.07, 6.45) is 0. The smallest absolute Gasteiger partial charge is 0.251 e. The van der Waals surface area contributed by atoms with E-state index in [0.29, 0.717) is 17.7 Å². The van der Waals surface area contributed by atoms with Crippen molar-refractivity contribution >= 4 is 5.91 Å². The third-order valence-electron chi connectivity index (χ3n) is 2.75. The molecule has 1 atom stereocenters. The Balaban J connectivity index is 2.62. The van der Waals surface area contributed by atoms with Gasteiger partial charge in [-0.05, 0) is 51.7 Å². The fraction of sp³-hybridized carbons (Fsp3) is 0.500. The molecule has 0 saturated heterocycles. The minimum Gasteiger partial charge on any atom is -0.508 e. The van der Waals surface area contributed by atoms with Crippen LogP contribution in [0.4, 0.5) is 0 Å². The van der Waals surface area contributed by atoms with Gasteiger partial charge in [0.05, 0.1) is 5.60 Å². The highest BCUT2D eigenvalue weighted by Crippen LogP contribution is 2.16. The maximum atomic E-state index is 11.9. The van der Waals surface area contributed by atoms with Gasteiger partial charge in [0, 0.05) is 18.7 Å². The third kappa shape index (κ3) is 4.89. The van der Waals surface area contributed by atoms with Crippen molar-refractivity contribution in [2.45, 2.75) is 19.4 Å². The summed E-state index contributed by atoms with van der Waals surface area (Å²) in [6.45, 7) is 4.04. The van der Waals surface area contributed by atoms with E-state index in [0.717, 1.165) is 0 Å². The molecule has 1 unspecified atom stereocenters. The molecule has 1 amide bonds. The number of nitrogens with zero attached hydrogens (tertiary/aromatic N) is 1. The number of hydrogen-bond acceptors (Lipinski definition) is 4. The molecule has 0 aliphatic heterocycles. The summed E-state index contributed by atoms with van der Waals surface area (Å²) in [7, 11) is 3.72. The lowest BCUT2D eigenvalue weighted by Gasteiger charge is -2.27. The highest BCUT2D eigenvalue weighted by Gasteiger charge is 2.22. The van der Waals surface area contributed by atoms with E-state index in [2.05, 4.69) is 5.32 Å². The SMILES string of the molecule is Cc1cc(C(=O)NCC(C)(O)CN(C)C)ccc1O. The van der Waals surface area contributed by atoms with Crippen LogP contribution in [0.5, 0.6) is 5.75 Å². The molecule has 5 nitrogen and oxygen atoms in total. The summed E-state index contributed by atoms with van der Waals surface area (Å²) in [5, 5.41) is 22.2. The summed E-state index contributed by atoms with van der Waals surface area (Å²) in [4.78, 5) is 13.8. The molecule has 0 bridgehead atoms. The normalized spacial score (nSPS) is 14.2. The number of carbonyl (C=O) groups is 1. The number of nitrogens with one attached hydrogen (secondary N) is 1. The first-order valence-corrected chi connectivity index (χ1v) is 6.16. The number of aliphatic hydroxyl groups is 1. The maximum absolute atomic E-state index is 11.9. The van der Waals surface area contributed by atoms with Gasteiger partial charge in [-0.15, -0.1) is 0 Å². The number of aryl methyl sites for hydroxylation is 1. The molecule has 0 spiro atoms. The average molecular weight is 266 g/mol. The van der Waals surface area contributed by atoms with Gasteiger partial charge < -0.3 is 20.4 Å². The average Bonchev–Trinajstić information content (AvgIpc) is 2.28. The van der Waals surface area contributed by atoms with Gasteiger partial charge in [-0.2, -0.15) is 0 Å². The van der Waals surface area contributed by atoms with Crippen LogP contribution >= 0.6 is 0 Å². The molecule has 1 aromatic rings. The van der Waals surface area contributed by atoms with E-state index in [4.69, 9.17) is 0 Å². The molecule has 3 N–H and O–H groups in total. The van der Waals surface area contributed by atoms with Gasteiger partial charge in [-0.3, -0.25) is 4.79 Å². The molecule has 5 heteroatoms. The van der Waals surface area contributed by atoms with Gasteiger partial charge >= 0.3 is 0 Å². The number of hydrogen-bond donors (Lipinski definition) is 3. The Labute approximate surface area is 113 Å². The molecule has 1 aromatic carbocycles. The lowest BCUT2D eigenvalue weighted by atomic mass is 10.1. The molecular weight excluding hydrogens is 244 g/mol. The van der Waals surface area contributed by atoms with Crippen LogP contribution in [-0.2, 0) is 0 Å². The van der Waals surface area contributed by atoms with E-state index in [1.54, 1.807) is 26.0 Å². The fourth-order valence-corrected chi connectivity index (χ4v) is 1.91. The number of rotatable bonds is 5. The van der Waals surface area contributed by atoms with Crippen molar-refractivity contribution in [2.75, 3.05) is 27.2 Å². The van der Waals surface area contributed by atoms with Crippen molar-refractivity contribution in [2.24, 2.45) is 0 Å². The Morgan fingerprint density at radius 3 is 2.58 bits per heavy atom. The molecule has 0 radical (unpaired) electrons. The summed E-state index contributed by atoms with van der Waals surface area (Å²) in [6, 6.07) is 4.66. The molecule has 0 heterocycles. The van der Waals surface area contributed by atoms with E-state index in [1.807, 2.05) is 19.0 Å². The summed E-state index contributed by atoms with van der Waals surface area (Å²) in [5.74, 6) is -0.0988. The second-order valence-corrected chi connectivity index (χ2v) is 5.42. The van der Waals surface area contributed by atoms with Crippen LogP contribution in [0.15, 0.2) is 18.2 Å². The van der Waals surface area contributed by atoms with Crippen LogP contribution in [0.3, 0.4) is 0 Å². The number of phenolic OH excluding ortho intramolecular Hbond substituents is 1. The largest absolute Gasteiger partial charge is 0.508 e. The molecule has 0 aromatic heterocycles. The summed E-state index contributed by atoms with van der Waals surface area (Å²) in [5.41, 5.74) is 0.133. The standard InChI is InChI=1S/C14H22N2O3/c1-10-7-11(5-6-12(10)17)13(18)15-8-14(2,19)9-16(3)4/h5-7,17,19H,8-9H2,1-4H3,(H,15,18). The predicted octanol–water partition coefficient (Wildman–Crippen LogP) is 0.743. The lowest BCUT2D eigenvalue weighted by Crippen LogP contribution is -2.47. The first-order valence-electron chi connectivity index (χ1n) is 6.16. The van der Waals surface area contributed by atoms with E-state index in [1.165, 1.54) is 6.07 Å². The number of benzene rings is 1. The molecule has 0 aliphatic carbocycles. The highest BCUT2D eigenvalue weighted by atomic mass is 16.3. The number of aromatic hydroxyl groups is 1. The monoisotopic (exact) mass is 266 g/mol. The van der Waals surface area contributed by atoms with Gasteiger partial charge in [0.25, 0.3) is 5.91 Å². The zero-order chi connectivity index (χ0) is 14.6. The predicted molar refractivity (Wildman–Crippen MR) is 74.4 cm³/mol. The van der Waals surface area contributed by atoms with Crippen molar-refractivity contribution in [3.05, 3.63) is 29.3 Å². The molecule has 19 heavy (non-hydrogen) atoms. The lowest BCUT2D eigenvalue weighted by molar-refractivity contribution is 0.0326. The van der Waals surface area contributed by atoms with Crippen LogP contribution in [-0.4, -0.2) is 53.8 Å². The van der Waals surface area contributed by atoms with E-state index < -0.39 is 5.60 Å². The third-order valence-corrected chi connectivity index (χ3v) is 2.75. The van der Waals surface area contributed by atoms with Crippen molar-refractivity contribution < 1.29 is 15.0 Å². The van der Waals surface area contributed by atoms with Crippen LogP contribution in [0.2, 0.25) is 0 Å². The number of carbonyl (C=O) groups excluding carboxylic acids is 1. The molecule has 0 fully saturated rings. The Bertz CT molecular complexity index is 456. The minimum atomic E-state index is -0.981. The van der Waals surface area contributed by atoms with Crippen molar-refractivity contribution in [1.82, 2.24) is 10.2 Å². The zero-order valence-corrected chi connectivity index (χ0v) is 11.9. The molecular formula is C14H22N2O3. The number of phenols is 1. The summed E-state index contributed by atoms with van der Waals surface area (Å²) < 4.78 is 0. The fourth-order valence-electron chi connectivity index (χ4n) is 1.91. The number of amides is 1.